The lowest BCUT2D eigenvalue weighted by Gasteiger charge is -2.08. The molecule has 10 heteroatoms. The van der Waals surface area contributed by atoms with Crippen molar-refractivity contribution in [2.45, 2.75) is 17.2 Å². The Morgan fingerprint density at radius 1 is 1.65 bits per heavy atom. The predicted octanol–water partition coefficient (Wildman–Crippen LogP) is -2.13. The minimum Gasteiger partial charge on any atom is -0.382 e. The van der Waals surface area contributed by atoms with Crippen LogP contribution in [0.3, 0.4) is 0 Å². The Morgan fingerprint density at radius 3 is 2.65 bits per heavy atom. The van der Waals surface area contributed by atoms with Gasteiger partial charge in [0.1, 0.15) is 6.10 Å². The first-order valence-electron chi connectivity index (χ1n) is 4.41. The molecule has 0 spiro atoms. The van der Waals surface area contributed by atoms with Crippen LogP contribution in [0, 0.1) is 6.92 Å². The largest absolute Gasteiger partial charge is 0.382 e. The van der Waals surface area contributed by atoms with Crippen molar-refractivity contribution in [1.82, 2.24) is 9.71 Å². The Bertz CT molecular complexity index is 573. The van der Waals surface area contributed by atoms with Gasteiger partial charge in [-0.3, -0.25) is 9.59 Å². The third-order valence-corrected chi connectivity index (χ3v) is 4.85. The molecule has 5 N–H and O–H groups in total. The average molecular weight is 281 g/mol. The lowest BCUT2D eigenvalue weighted by atomic mass is 10.3. The van der Waals surface area contributed by atoms with E-state index in [1.165, 1.54) is 6.92 Å². The third-order valence-electron chi connectivity index (χ3n) is 1.82. The van der Waals surface area contributed by atoms with Gasteiger partial charge in [0.25, 0.3) is 10.0 Å². The summed E-state index contributed by atoms with van der Waals surface area (Å²) in [6.07, 6.45) is -1.61. The van der Waals surface area contributed by atoms with Crippen molar-refractivity contribution < 1.29 is 18.3 Å². The second-order valence-electron chi connectivity index (χ2n) is 3.20. The molecule has 8 nitrogen and oxygen atoms in total. The number of sulfonamides is 1. The highest BCUT2D eigenvalue weighted by Crippen LogP contribution is 2.15. The molecule has 0 saturated carbocycles. The van der Waals surface area contributed by atoms with Gasteiger partial charge in [0.2, 0.25) is 5.91 Å². The van der Waals surface area contributed by atoms with E-state index in [-0.39, 0.29) is 9.90 Å². The molecule has 1 amide bonds. The number of thiazole rings is 1. The summed E-state index contributed by atoms with van der Waals surface area (Å²) in [5.74, 6) is -1.04. The Morgan fingerprint density at radius 2 is 2.24 bits per heavy atom. The fraction of sp³-hybridized carbons (Fsp3) is 0.429. The topological polar surface area (TPSA) is 142 Å². The maximum Gasteiger partial charge on any atom is 0.305 e. The van der Waals surface area contributed by atoms with Gasteiger partial charge in [0.15, 0.2) is 4.21 Å². The van der Waals surface area contributed by atoms with Gasteiger partial charge in [-0.25, -0.2) is 13.1 Å². The van der Waals surface area contributed by atoms with E-state index in [1.807, 2.05) is 4.72 Å². The van der Waals surface area contributed by atoms with Crippen molar-refractivity contribution in [3.8, 4) is 0 Å². The fourth-order valence-corrected chi connectivity index (χ4v) is 3.38. The van der Waals surface area contributed by atoms with Crippen molar-refractivity contribution in [3.05, 3.63) is 15.4 Å². The van der Waals surface area contributed by atoms with Crippen LogP contribution in [0.5, 0.6) is 0 Å². The Hall–Kier alpha value is -1.23. The molecule has 1 aromatic heterocycles. The average Bonchev–Trinajstić information content (AvgIpc) is 2.55. The van der Waals surface area contributed by atoms with Crippen LogP contribution in [-0.4, -0.2) is 37.1 Å². The number of rotatable bonds is 5. The van der Waals surface area contributed by atoms with Crippen LogP contribution in [0.4, 0.5) is 0 Å². The molecule has 17 heavy (non-hydrogen) atoms. The van der Waals surface area contributed by atoms with Crippen LogP contribution in [-0.2, 0) is 14.8 Å². The van der Waals surface area contributed by atoms with E-state index in [0.717, 1.165) is 0 Å². The number of hydrogen-bond acceptors (Lipinski definition) is 6. The number of carbonyl (C=O) groups excluding carboxylic acids is 1. The number of nitrogens with one attached hydrogen (secondary N) is 2. The second-order valence-corrected chi connectivity index (χ2v) is 6.14. The zero-order chi connectivity index (χ0) is 13.2. The van der Waals surface area contributed by atoms with E-state index in [9.17, 15) is 18.0 Å². The van der Waals surface area contributed by atoms with Gasteiger partial charge in [0.05, 0.1) is 0 Å². The van der Waals surface area contributed by atoms with Crippen LogP contribution in [0.25, 0.3) is 0 Å². The number of aliphatic hydroxyl groups is 1. The highest BCUT2D eigenvalue weighted by molar-refractivity contribution is 7.91. The Kier molecular flexibility index (Phi) is 4.03. The van der Waals surface area contributed by atoms with Crippen LogP contribution >= 0.6 is 11.3 Å². The molecule has 1 atom stereocenters. The van der Waals surface area contributed by atoms with Crippen LogP contribution in [0.15, 0.2) is 9.00 Å². The van der Waals surface area contributed by atoms with Gasteiger partial charge in [-0.1, -0.05) is 11.3 Å². The Labute approximate surface area is 101 Å². The van der Waals surface area contributed by atoms with Gasteiger partial charge in [0, 0.05) is 12.2 Å². The maximum absolute atomic E-state index is 11.7. The van der Waals surface area contributed by atoms with E-state index in [0.29, 0.717) is 11.3 Å². The number of carbonyl (C=O) groups is 1. The first kappa shape index (κ1) is 13.8. The molecular formula is C7H11N3O5S2. The molecule has 1 heterocycles. The van der Waals surface area contributed by atoms with Crippen molar-refractivity contribution in [2.75, 3.05) is 6.54 Å². The van der Waals surface area contributed by atoms with Gasteiger partial charge in [-0.2, -0.15) is 0 Å². The molecular weight excluding hydrogens is 270 g/mol. The number of primary amides is 1. The van der Waals surface area contributed by atoms with E-state index in [2.05, 4.69) is 4.98 Å². The number of amides is 1. The molecule has 0 aliphatic heterocycles. The van der Waals surface area contributed by atoms with E-state index in [4.69, 9.17) is 10.8 Å². The summed E-state index contributed by atoms with van der Waals surface area (Å²) in [7, 11) is -3.93. The van der Waals surface area contributed by atoms with Gasteiger partial charge >= 0.3 is 4.87 Å². The zero-order valence-corrected chi connectivity index (χ0v) is 10.4. The summed E-state index contributed by atoms with van der Waals surface area (Å²) in [6, 6.07) is 0. The van der Waals surface area contributed by atoms with Crippen molar-refractivity contribution in [1.29, 1.82) is 0 Å². The molecule has 1 rings (SSSR count). The van der Waals surface area contributed by atoms with Crippen molar-refractivity contribution >= 4 is 27.3 Å². The molecule has 0 saturated heterocycles. The van der Waals surface area contributed by atoms with Crippen molar-refractivity contribution in [3.63, 3.8) is 0 Å². The summed E-state index contributed by atoms with van der Waals surface area (Å²) in [5, 5.41) is 9.04. The van der Waals surface area contributed by atoms with Gasteiger partial charge < -0.3 is 15.8 Å². The number of H-pyrrole nitrogens is 1. The molecule has 0 fully saturated rings. The molecule has 0 aromatic carbocycles. The summed E-state index contributed by atoms with van der Waals surface area (Å²) < 4.78 is 25.1. The number of hydrogen-bond donors (Lipinski definition) is 4. The zero-order valence-electron chi connectivity index (χ0n) is 8.76. The SMILES string of the molecule is Cc1[nH]c(=O)sc1S(=O)(=O)NCC(O)C(N)=O. The van der Waals surface area contributed by atoms with Crippen LogP contribution < -0.4 is 15.3 Å². The summed E-state index contributed by atoms with van der Waals surface area (Å²) in [4.78, 5) is 23.3. The number of aromatic nitrogens is 1. The molecule has 0 radical (unpaired) electrons. The fourth-order valence-electron chi connectivity index (χ4n) is 1.00. The lowest BCUT2D eigenvalue weighted by Crippen LogP contribution is -2.39. The molecule has 0 aliphatic carbocycles. The maximum atomic E-state index is 11.7. The lowest BCUT2D eigenvalue weighted by molar-refractivity contribution is -0.125. The first-order chi connectivity index (χ1) is 7.74. The minimum atomic E-state index is -3.93. The van der Waals surface area contributed by atoms with Crippen molar-refractivity contribution in [2.24, 2.45) is 5.73 Å². The number of aliphatic hydroxyl groups excluding tert-OH is 1. The standard InChI is InChI=1S/C7H11N3O5S2/c1-3-6(16-7(13)10-3)17(14,15)9-2-4(11)5(8)12/h4,9,11H,2H2,1H3,(H2,8,12)(H,10,13). The van der Waals surface area contributed by atoms with Crippen LogP contribution in [0.2, 0.25) is 0 Å². The van der Waals surface area contributed by atoms with Gasteiger partial charge in [-0.15, -0.1) is 0 Å². The smallest absolute Gasteiger partial charge is 0.305 e. The summed E-state index contributed by atoms with van der Waals surface area (Å²) >= 11 is 0.522. The number of aromatic amines is 1. The highest BCUT2D eigenvalue weighted by Gasteiger charge is 2.22. The van der Waals surface area contributed by atoms with Gasteiger partial charge in [-0.05, 0) is 6.92 Å². The minimum absolute atomic E-state index is 0.181. The first-order valence-corrected chi connectivity index (χ1v) is 6.71. The summed E-state index contributed by atoms with van der Waals surface area (Å²) in [6.45, 7) is 0.889. The number of aryl methyl sites for hydroxylation is 1. The third kappa shape index (κ3) is 3.36. The monoisotopic (exact) mass is 281 g/mol. The molecule has 0 aliphatic rings. The number of nitrogens with two attached hydrogens (primary N) is 1. The van der Waals surface area contributed by atoms with E-state index in [1.54, 1.807) is 0 Å². The molecule has 1 unspecified atom stereocenters. The highest BCUT2D eigenvalue weighted by atomic mass is 32.2. The molecule has 96 valence electrons. The predicted molar refractivity (Wildman–Crippen MR) is 60.1 cm³/mol. The van der Waals surface area contributed by atoms with E-state index < -0.39 is 33.5 Å². The molecule has 1 aromatic rings. The quantitative estimate of drug-likeness (QED) is 0.487. The second kappa shape index (κ2) is 4.96. The molecule has 0 bridgehead atoms. The van der Waals surface area contributed by atoms with E-state index >= 15 is 0 Å². The normalized spacial score (nSPS) is 13.5. The Balaban J connectivity index is 2.87. The van der Waals surface area contributed by atoms with Crippen LogP contribution in [0.1, 0.15) is 5.69 Å². The summed E-state index contributed by atoms with van der Waals surface area (Å²) in [5.41, 5.74) is 4.96.